The van der Waals surface area contributed by atoms with E-state index in [2.05, 4.69) is 28.1 Å². The number of aliphatic imine (C=N–C) groups is 1. The second-order valence-electron chi connectivity index (χ2n) is 7.99. The van der Waals surface area contributed by atoms with Crippen molar-refractivity contribution in [3.05, 3.63) is 24.2 Å². The number of hydrogen-bond acceptors (Lipinski definition) is 3. The molecular formula is C20H32N4O. The highest BCUT2D eigenvalue weighted by Crippen LogP contribution is 2.47. The molecule has 0 radical (unpaired) electrons. The maximum atomic E-state index is 5.74. The highest BCUT2D eigenvalue weighted by Gasteiger charge is 2.43. The van der Waals surface area contributed by atoms with E-state index < -0.39 is 0 Å². The molecule has 2 aliphatic heterocycles. The molecule has 0 amide bonds. The molecule has 1 unspecified atom stereocenters. The number of furan rings is 1. The molecule has 138 valence electrons. The average molecular weight is 345 g/mol. The minimum absolute atomic E-state index is 0.270. The molecule has 1 aromatic heterocycles. The van der Waals surface area contributed by atoms with E-state index in [1.165, 1.54) is 45.1 Å². The lowest BCUT2D eigenvalue weighted by Crippen LogP contribution is -2.43. The van der Waals surface area contributed by atoms with E-state index in [9.17, 15) is 0 Å². The fourth-order valence-electron chi connectivity index (χ4n) is 4.72. The molecular weight excluding hydrogens is 312 g/mol. The number of rotatable bonds is 5. The van der Waals surface area contributed by atoms with Crippen LogP contribution in [0.3, 0.4) is 0 Å². The molecule has 1 saturated carbocycles. The topological polar surface area (TPSA) is 44.0 Å². The van der Waals surface area contributed by atoms with Crippen LogP contribution in [0, 0.1) is 5.41 Å². The van der Waals surface area contributed by atoms with E-state index in [-0.39, 0.29) is 6.04 Å². The minimum Gasteiger partial charge on any atom is -0.468 e. The van der Waals surface area contributed by atoms with Gasteiger partial charge in [0.2, 0.25) is 0 Å². The quantitative estimate of drug-likeness (QED) is 0.658. The SMILES string of the molecule is CCNC(=NCC(c1ccco1)N1CCCC1)N1CCC2(CCC2)C1. The van der Waals surface area contributed by atoms with Crippen LogP contribution in [0.5, 0.6) is 0 Å². The molecule has 0 aromatic carbocycles. The molecule has 3 heterocycles. The van der Waals surface area contributed by atoms with Gasteiger partial charge in [-0.1, -0.05) is 6.42 Å². The minimum atomic E-state index is 0.270. The normalized spacial score (nSPS) is 24.7. The first-order valence-corrected chi connectivity index (χ1v) is 10.1. The maximum absolute atomic E-state index is 5.74. The molecule has 3 aliphatic rings. The summed E-state index contributed by atoms with van der Waals surface area (Å²) in [6.45, 7) is 8.52. The zero-order chi connectivity index (χ0) is 17.1. The number of hydrogen-bond donors (Lipinski definition) is 1. The fraction of sp³-hybridized carbons (Fsp3) is 0.750. The molecule has 0 bridgehead atoms. The van der Waals surface area contributed by atoms with Gasteiger partial charge in [-0.15, -0.1) is 0 Å². The van der Waals surface area contributed by atoms with Gasteiger partial charge in [0, 0.05) is 19.6 Å². The molecule has 25 heavy (non-hydrogen) atoms. The van der Waals surface area contributed by atoms with Gasteiger partial charge in [-0.2, -0.15) is 0 Å². The van der Waals surface area contributed by atoms with E-state index in [0.29, 0.717) is 5.41 Å². The summed E-state index contributed by atoms with van der Waals surface area (Å²) in [5, 5.41) is 3.53. The van der Waals surface area contributed by atoms with Crippen LogP contribution in [-0.2, 0) is 0 Å². The van der Waals surface area contributed by atoms with Gasteiger partial charge in [-0.3, -0.25) is 9.89 Å². The predicted molar refractivity (Wildman–Crippen MR) is 101 cm³/mol. The van der Waals surface area contributed by atoms with E-state index in [1.54, 1.807) is 6.26 Å². The first-order valence-electron chi connectivity index (χ1n) is 10.1. The maximum Gasteiger partial charge on any atom is 0.194 e. The van der Waals surface area contributed by atoms with Crippen molar-refractivity contribution in [1.29, 1.82) is 0 Å². The van der Waals surface area contributed by atoms with Crippen molar-refractivity contribution in [3.8, 4) is 0 Å². The average Bonchev–Trinajstić information content (AvgIpc) is 3.34. The van der Waals surface area contributed by atoms with Crippen molar-refractivity contribution in [2.45, 2.75) is 51.5 Å². The zero-order valence-corrected chi connectivity index (χ0v) is 15.5. The van der Waals surface area contributed by atoms with Crippen molar-refractivity contribution in [3.63, 3.8) is 0 Å². The summed E-state index contributed by atoms with van der Waals surface area (Å²) in [5.74, 6) is 2.15. The third-order valence-electron chi connectivity index (χ3n) is 6.35. The van der Waals surface area contributed by atoms with Gasteiger partial charge in [0.1, 0.15) is 5.76 Å². The van der Waals surface area contributed by atoms with Crippen molar-refractivity contribution in [1.82, 2.24) is 15.1 Å². The van der Waals surface area contributed by atoms with Gasteiger partial charge < -0.3 is 14.6 Å². The monoisotopic (exact) mass is 344 g/mol. The summed E-state index contributed by atoms with van der Waals surface area (Å²) in [5.41, 5.74) is 0.603. The predicted octanol–water partition coefficient (Wildman–Crippen LogP) is 3.26. The molecule has 1 spiro atoms. The van der Waals surface area contributed by atoms with Gasteiger partial charge in [0.25, 0.3) is 0 Å². The Morgan fingerprint density at radius 1 is 1.24 bits per heavy atom. The van der Waals surface area contributed by atoms with Crippen LogP contribution in [0.25, 0.3) is 0 Å². The second kappa shape index (κ2) is 7.40. The second-order valence-corrected chi connectivity index (χ2v) is 7.99. The van der Waals surface area contributed by atoms with Gasteiger partial charge in [0.05, 0.1) is 18.8 Å². The fourth-order valence-corrected chi connectivity index (χ4v) is 4.72. The molecule has 1 aliphatic carbocycles. The molecule has 5 heteroatoms. The molecule has 2 saturated heterocycles. The largest absolute Gasteiger partial charge is 0.468 e. The van der Waals surface area contributed by atoms with Crippen molar-refractivity contribution < 1.29 is 4.42 Å². The van der Waals surface area contributed by atoms with Gasteiger partial charge in [-0.05, 0) is 69.7 Å². The molecule has 4 rings (SSSR count). The Bertz CT molecular complexity index is 573. The van der Waals surface area contributed by atoms with Crippen molar-refractivity contribution in [2.75, 3.05) is 39.3 Å². The lowest BCUT2D eigenvalue weighted by molar-refractivity contribution is 0.151. The third-order valence-corrected chi connectivity index (χ3v) is 6.35. The Labute approximate surface area is 151 Å². The standard InChI is InChI=1S/C20H32N4O/c1-2-21-19(24-13-10-20(16-24)8-6-9-20)22-15-17(18-7-5-14-25-18)23-11-3-4-12-23/h5,7,14,17H,2-4,6,8-13,15-16H2,1H3,(H,21,22). The number of nitrogens with one attached hydrogen (secondary N) is 1. The van der Waals surface area contributed by atoms with Crippen LogP contribution in [-0.4, -0.2) is 55.0 Å². The van der Waals surface area contributed by atoms with Crippen molar-refractivity contribution in [2.24, 2.45) is 10.4 Å². The summed E-state index contributed by atoms with van der Waals surface area (Å²) in [4.78, 5) is 10.1. The van der Waals surface area contributed by atoms with Crippen LogP contribution < -0.4 is 5.32 Å². The summed E-state index contributed by atoms with van der Waals surface area (Å²) in [6, 6.07) is 4.37. The molecule has 1 aromatic rings. The molecule has 1 atom stereocenters. The summed E-state index contributed by atoms with van der Waals surface area (Å²) >= 11 is 0. The van der Waals surface area contributed by atoms with Gasteiger partial charge in [-0.25, -0.2) is 0 Å². The number of guanidine groups is 1. The zero-order valence-electron chi connectivity index (χ0n) is 15.5. The van der Waals surface area contributed by atoms with Crippen LogP contribution in [0.1, 0.15) is 57.3 Å². The summed E-state index contributed by atoms with van der Waals surface area (Å²) in [7, 11) is 0. The Hall–Kier alpha value is -1.49. The molecule has 5 nitrogen and oxygen atoms in total. The number of likely N-dealkylation sites (tertiary alicyclic amines) is 2. The lowest BCUT2D eigenvalue weighted by atomic mass is 9.68. The summed E-state index contributed by atoms with van der Waals surface area (Å²) in [6.07, 6.45) is 9.93. The highest BCUT2D eigenvalue weighted by molar-refractivity contribution is 5.80. The van der Waals surface area contributed by atoms with E-state index in [4.69, 9.17) is 9.41 Å². The Kier molecular flexibility index (Phi) is 5.02. The Morgan fingerprint density at radius 2 is 2.08 bits per heavy atom. The van der Waals surface area contributed by atoms with Crippen LogP contribution >= 0.6 is 0 Å². The smallest absolute Gasteiger partial charge is 0.194 e. The van der Waals surface area contributed by atoms with E-state index in [0.717, 1.165) is 44.4 Å². The molecule has 3 fully saturated rings. The van der Waals surface area contributed by atoms with Crippen LogP contribution in [0.4, 0.5) is 0 Å². The Morgan fingerprint density at radius 3 is 2.68 bits per heavy atom. The van der Waals surface area contributed by atoms with E-state index >= 15 is 0 Å². The van der Waals surface area contributed by atoms with Crippen LogP contribution in [0.2, 0.25) is 0 Å². The van der Waals surface area contributed by atoms with Crippen LogP contribution in [0.15, 0.2) is 27.8 Å². The van der Waals surface area contributed by atoms with E-state index in [1.807, 2.05) is 6.07 Å². The molecule has 1 N–H and O–H groups in total. The van der Waals surface area contributed by atoms with Crippen molar-refractivity contribution >= 4 is 5.96 Å². The summed E-state index contributed by atoms with van der Waals surface area (Å²) < 4.78 is 5.74. The number of nitrogens with zero attached hydrogens (tertiary/aromatic N) is 3. The first-order chi connectivity index (χ1) is 12.3. The Balaban J connectivity index is 1.47. The first kappa shape index (κ1) is 17.0. The lowest BCUT2D eigenvalue weighted by Gasteiger charge is -2.38. The van der Waals surface area contributed by atoms with Gasteiger partial charge in [0.15, 0.2) is 5.96 Å². The van der Waals surface area contributed by atoms with Gasteiger partial charge >= 0.3 is 0 Å². The highest BCUT2D eigenvalue weighted by atomic mass is 16.3. The third kappa shape index (κ3) is 3.57.